The van der Waals surface area contributed by atoms with Crippen molar-refractivity contribution in [1.29, 1.82) is 0 Å². The zero-order valence-electron chi connectivity index (χ0n) is 14.7. The number of benzene rings is 1. The van der Waals surface area contributed by atoms with Gasteiger partial charge in [0.25, 0.3) is 5.91 Å². The molecule has 1 amide bonds. The second-order valence-electron chi connectivity index (χ2n) is 6.13. The molecule has 0 unspecified atom stereocenters. The van der Waals surface area contributed by atoms with E-state index in [1.54, 1.807) is 30.6 Å². The number of ether oxygens (including phenoxy) is 1. The molecule has 0 bridgehead atoms. The summed E-state index contributed by atoms with van der Waals surface area (Å²) in [7, 11) is 0. The van der Waals surface area contributed by atoms with Crippen LogP contribution in [0, 0.1) is 6.92 Å². The molecule has 4 rings (SSSR count). The molecule has 1 aromatic carbocycles. The van der Waals surface area contributed by atoms with Crippen LogP contribution in [0.15, 0.2) is 46.0 Å². The number of thiocarbonyl (C=S) groups is 1. The maximum absolute atomic E-state index is 12.5. The molecule has 10 heteroatoms. The number of carbonyl (C=O) groups excluding carboxylic acids is 1. The average Bonchev–Trinajstić information content (AvgIpc) is 3.17. The molecule has 3 heterocycles. The molecule has 2 aromatic heterocycles. The Morgan fingerprint density at radius 1 is 1.28 bits per heavy atom. The van der Waals surface area contributed by atoms with Crippen LogP contribution in [-0.4, -0.2) is 21.6 Å². The molecule has 3 aromatic rings. The molecule has 5 nitrogen and oxygen atoms in total. The number of nitrogens with zero attached hydrogens (tertiary/aromatic N) is 1. The molecule has 1 aliphatic rings. The highest BCUT2D eigenvalue weighted by atomic mass is 32.2. The van der Waals surface area contributed by atoms with Gasteiger partial charge in [-0.1, -0.05) is 30.0 Å². The fraction of sp³-hybridized carbons (Fsp3) is 0.105. The van der Waals surface area contributed by atoms with Crippen molar-refractivity contribution >= 4 is 51.3 Å². The van der Waals surface area contributed by atoms with Crippen molar-refractivity contribution in [2.24, 2.45) is 0 Å². The Labute approximate surface area is 171 Å². The molecule has 0 saturated carbocycles. The summed E-state index contributed by atoms with van der Waals surface area (Å²) in [4.78, 5) is 16.4. The summed E-state index contributed by atoms with van der Waals surface area (Å²) in [5, 5.41) is 3.22. The molecule has 148 valence electrons. The molecule has 1 N–H and O–H groups in total. The van der Waals surface area contributed by atoms with E-state index in [0.29, 0.717) is 42.6 Å². The van der Waals surface area contributed by atoms with Gasteiger partial charge in [-0.25, -0.2) is 0 Å². The number of nitrogens with one attached hydrogen (secondary N) is 1. The van der Waals surface area contributed by atoms with Gasteiger partial charge >= 0.3 is 6.36 Å². The lowest BCUT2D eigenvalue weighted by atomic mass is 10.0. The standard InChI is InChI=1S/C19H11F3N2O3S2/c1-9-4-10(2-3-14(9)27-19(20,21)22)13-8-23-7-11-5-12(26-16(11)13)6-15-17(25)24-18(28)29-15/h2-8H,1H3,(H,24,25,28)/b15-6-. The first kappa shape index (κ1) is 19.5. The van der Waals surface area contributed by atoms with Crippen LogP contribution in [0.5, 0.6) is 5.75 Å². The van der Waals surface area contributed by atoms with Crippen LogP contribution < -0.4 is 10.1 Å². The summed E-state index contributed by atoms with van der Waals surface area (Å²) >= 11 is 6.10. The predicted molar refractivity (Wildman–Crippen MR) is 107 cm³/mol. The number of halogens is 3. The summed E-state index contributed by atoms with van der Waals surface area (Å²) in [6, 6.07) is 6.05. The van der Waals surface area contributed by atoms with Crippen LogP contribution in [-0.2, 0) is 4.79 Å². The normalized spacial score (nSPS) is 15.9. The van der Waals surface area contributed by atoms with Crippen LogP contribution in [0.2, 0.25) is 0 Å². The fourth-order valence-corrected chi connectivity index (χ4v) is 3.89. The number of aryl methyl sites for hydroxylation is 1. The van der Waals surface area contributed by atoms with Crippen molar-refractivity contribution in [2.45, 2.75) is 13.3 Å². The SMILES string of the molecule is Cc1cc(-c2cncc3cc(/C=C4\SC(=S)NC4=O)oc23)ccc1OC(F)(F)F. The van der Waals surface area contributed by atoms with E-state index in [0.717, 1.165) is 11.8 Å². The minimum atomic E-state index is -4.76. The molecule has 0 spiro atoms. The third-order valence-electron chi connectivity index (χ3n) is 4.07. The number of aromatic nitrogens is 1. The minimum Gasteiger partial charge on any atom is -0.456 e. The highest BCUT2D eigenvalue weighted by Gasteiger charge is 2.31. The molecular weight excluding hydrogens is 425 g/mol. The Kier molecular flexibility index (Phi) is 4.83. The second kappa shape index (κ2) is 7.20. The smallest absolute Gasteiger partial charge is 0.456 e. The van der Waals surface area contributed by atoms with E-state index < -0.39 is 6.36 Å². The average molecular weight is 436 g/mol. The molecule has 1 saturated heterocycles. The summed E-state index contributed by atoms with van der Waals surface area (Å²) < 4.78 is 47.7. The van der Waals surface area contributed by atoms with Crippen molar-refractivity contribution in [3.05, 3.63) is 52.9 Å². The molecule has 1 fully saturated rings. The quantitative estimate of drug-likeness (QED) is 0.450. The maximum Gasteiger partial charge on any atom is 0.573 e. The molecule has 29 heavy (non-hydrogen) atoms. The lowest BCUT2D eigenvalue weighted by Gasteiger charge is -2.12. The van der Waals surface area contributed by atoms with Gasteiger partial charge in [-0.15, -0.1) is 13.2 Å². The van der Waals surface area contributed by atoms with Gasteiger partial charge in [0.2, 0.25) is 0 Å². The number of amides is 1. The number of thioether (sulfide) groups is 1. The van der Waals surface area contributed by atoms with Gasteiger partial charge in [0.1, 0.15) is 21.4 Å². The summed E-state index contributed by atoms with van der Waals surface area (Å²) in [6.07, 6.45) is -0.0164. The van der Waals surface area contributed by atoms with Crippen LogP contribution >= 0.6 is 24.0 Å². The first-order chi connectivity index (χ1) is 13.7. The summed E-state index contributed by atoms with van der Waals surface area (Å²) in [6.45, 7) is 1.52. The van der Waals surface area contributed by atoms with Crippen molar-refractivity contribution in [3.8, 4) is 16.9 Å². The van der Waals surface area contributed by atoms with Crippen molar-refractivity contribution < 1.29 is 27.1 Å². The van der Waals surface area contributed by atoms with Crippen molar-refractivity contribution in [3.63, 3.8) is 0 Å². The summed E-state index contributed by atoms with van der Waals surface area (Å²) in [5.74, 6) is -0.133. The van der Waals surface area contributed by atoms with E-state index in [1.165, 1.54) is 19.1 Å². The third kappa shape index (κ3) is 4.13. The highest BCUT2D eigenvalue weighted by Crippen LogP contribution is 2.35. The van der Waals surface area contributed by atoms with Crippen LogP contribution in [0.1, 0.15) is 11.3 Å². The number of pyridine rings is 1. The van der Waals surface area contributed by atoms with Crippen LogP contribution in [0.25, 0.3) is 28.2 Å². The number of rotatable bonds is 3. The monoisotopic (exact) mass is 436 g/mol. The molecule has 0 radical (unpaired) electrons. The van der Waals surface area contributed by atoms with E-state index >= 15 is 0 Å². The van der Waals surface area contributed by atoms with E-state index in [-0.39, 0.29) is 11.7 Å². The Morgan fingerprint density at radius 3 is 2.72 bits per heavy atom. The van der Waals surface area contributed by atoms with E-state index in [4.69, 9.17) is 16.6 Å². The maximum atomic E-state index is 12.5. The van der Waals surface area contributed by atoms with Gasteiger partial charge in [-0.2, -0.15) is 0 Å². The van der Waals surface area contributed by atoms with Gasteiger partial charge in [0, 0.05) is 29.4 Å². The number of hydrogen-bond donors (Lipinski definition) is 1. The lowest BCUT2D eigenvalue weighted by molar-refractivity contribution is -0.274. The number of carbonyl (C=O) groups is 1. The first-order valence-corrected chi connectivity index (χ1v) is 9.41. The fourth-order valence-electron chi connectivity index (χ4n) is 2.87. The van der Waals surface area contributed by atoms with E-state index in [1.807, 2.05) is 0 Å². The van der Waals surface area contributed by atoms with Gasteiger partial charge in [-0.05, 0) is 36.2 Å². The largest absolute Gasteiger partial charge is 0.573 e. The molecule has 0 atom stereocenters. The minimum absolute atomic E-state index is 0.272. The van der Waals surface area contributed by atoms with Crippen molar-refractivity contribution in [2.75, 3.05) is 0 Å². The predicted octanol–water partition coefficient (Wildman–Crippen LogP) is 5.19. The first-order valence-electron chi connectivity index (χ1n) is 8.19. The topological polar surface area (TPSA) is 64.4 Å². The van der Waals surface area contributed by atoms with Crippen LogP contribution in [0.3, 0.4) is 0 Å². The second-order valence-corrected chi connectivity index (χ2v) is 7.85. The van der Waals surface area contributed by atoms with Crippen molar-refractivity contribution in [1.82, 2.24) is 10.3 Å². The number of furan rings is 1. The van der Waals surface area contributed by atoms with Gasteiger partial charge < -0.3 is 14.5 Å². The summed E-state index contributed by atoms with van der Waals surface area (Å²) in [5.41, 5.74) is 2.05. The Bertz CT molecular complexity index is 1190. The highest BCUT2D eigenvalue weighted by molar-refractivity contribution is 8.26. The Morgan fingerprint density at radius 2 is 2.07 bits per heavy atom. The number of alkyl halides is 3. The number of fused-ring (bicyclic) bond motifs is 1. The van der Waals surface area contributed by atoms with Crippen LogP contribution in [0.4, 0.5) is 13.2 Å². The Balaban J connectivity index is 1.73. The molecule has 1 aliphatic heterocycles. The van der Waals surface area contributed by atoms with Gasteiger partial charge in [0.05, 0.1) is 4.91 Å². The van der Waals surface area contributed by atoms with Gasteiger partial charge in [0.15, 0.2) is 0 Å². The van der Waals surface area contributed by atoms with Gasteiger partial charge in [-0.3, -0.25) is 9.78 Å². The zero-order chi connectivity index (χ0) is 20.8. The lowest BCUT2D eigenvalue weighted by Crippen LogP contribution is -2.17. The third-order valence-corrected chi connectivity index (χ3v) is 5.23. The van der Waals surface area contributed by atoms with E-state index in [2.05, 4.69) is 15.0 Å². The Hall–Kier alpha value is -2.85. The zero-order valence-corrected chi connectivity index (χ0v) is 16.3. The van der Waals surface area contributed by atoms with E-state index in [9.17, 15) is 18.0 Å². The molecular formula is C19H11F3N2O3S2. The number of hydrogen-bond acceptors (Lipinski definition) is 6. The molecule has 0 aliphatic carbocycles.